The SMILES string of the molecule is C[C@H](CC(=O)NCCNC(=O)c1ccc(O)cc1)c1cccc(F)c1. The Balaban J connectivity index is 1.70. The van der Waals surface area contributed by atoms with Gasteiger partial charge in [-0.3, -0.25) is 9.59 Å². The second-order valence-electron chi connectivity index (χ2n) is 5.81. The molecule has 2 amide bonds. The maximum Gasteiger partial charge on any atom is 0.251 e. The summed E-state index contributed by atoms with van der Waals surface area (Å²) in [5.41, 5.74) is 1.21. The monoisotopic (exact) mass is 344 g/mol. The topological polar surface area (TPSA) is 78.4 Å². The fraction of sp³-hybridized carbons (Fsp3) is 0.263. The number of phenolic OH excluding ortho intramolecular Hbond substituents is 1. The number of benzene rings is 2. The zero-order valence-electron chi connectivity index (χ0n) is 14.0. The van der Waals surface area contributed by atoms with Gasteiger partial charge in [0.1, 0.15) is 11.6 Å². The minimum Gasteiger partial charge on any atom is -0.508 e. The van der Waals surface area contributed by atoms with Crippen LogP contribution >= 0.6 is 0 Å². The van der Waals surface area contributed by atoms with Gasteiger partial charge in [-0.2, -0.15) is 0 Å². The van der Waals surface area contributed by atoms with Gasteiger partial charge in [-0.15, -0.1) is 0 Å². The molecule has 3 N–H and O–H groups in total. The Labute approximate surface area is 145 Å². The summed E-state index contributed by atoms with van der Waals surface area (Å²) in [6.45, 7) is 2.46. The molecule has 1 atom stereocenters. The molecule has 0 saturated heterocycles. The first-order valence-corrected chi connectivity index (χ1v) is 8.05. The summed E-state index contributed by atoms with van der Waals surface area (Å²) in [6.07, 6.45) is 0.245. The summed E-state index contributed by atoms with van der Waals surface area (Å²) in [7, 11) is 0. The van der Waals surface area contributed by atoms with Gasteiger partial charge in [0.05, 0.1) is 0 Å². The molecule has 132 valence electrons. The van der Waals surface area contributed by atoms with Crippen LogP contribution in [0.5, 0.6) is 5.75 Å². The van der Waals surface area contributed by atoms with Gasteiger partial charge in [0.2, 0.25) is 5.91 Å². The molecule has 0 unspecified atom stereocenters. The van der Waals surface area contributed by atoms with Crippen molar-refractivity contribution in [2.45, 2.75) is 19.3 Å². The van der Waals surface area contributed by atoms with Crippen molar-refractivity contribution in [1.82, 2.24) is 10.6 Å². The molecule has 0 spiro atoms. The highest BCUT2D eigenvalue weighted by Gasteiger charge is 2.12. The molecular weight excluding hydrogens is 323 g/mol. The van der Waals surface area contributed by atoms with Crippen molar-refractivity contribution >= 4 is 11.8 Å². The second kappa shape index (κ2) is 8.82. The van der Waals surface area contributed by atoms with Crippen molar-refractivity contribution < 1.29 is 19.1 Å². The van der Waals surface area contributed by atoms with Crippen LogP contribution in [-0.2, 0) is 4.79 Å². The highest BCUT2D eigenvalue weighted by molar-refractivity contribution is 5.94. The Kier molecular flexibility index (Phi) is 6.51. The number of aromatic hydroxyl groups is 1. The fourth-order valence-electron chi connectivity index (χ4n) is 2.37. The van der Waals surface area contributed by atoms with Crippen molar-refractivity contribution in [2.24, 2.45) is 0 Å². The highest BCUT2D eigenvalue weighted by Crippen LogP contribution is 2.19. The molecule has 6 heteroatoms. The maximum absolute atomic E-state index is 13.2. The molecule has 0 saturated carbocycles. The Bertz CT molecular complexity index is 732. The number of phenols is 1. The Morgan fingerprint density at radius 1 is 1.08 bits per heavy atom. The second-order valence-corrected chi connectivity index (χ2v) is 5.81. The summed E-state index contributed by atoms with van der Waals surface area (Å²) in [5.74, 6) is -0.752. The van der Waals surface area contributed by atoms with Crippen LogP contribution in [0.4, 0.5) is 4.39 Å². The van der Waals surface area contributed by atoms with Crippen molar-refractivity contribution in [3.63, 3.8) is 0 Å². The van der Waals surface area contributed by atoms with Crippen LogP contribution in [0.2, 0.25) is 0 Å². The lowest BCUT2D eigenvalue weighted by Gasteiger charge is -2.12. The lowest BCUT2D eigenvalue weighted by molar-refractivity contribution is -0.121. The van der Waals surface area contributed by atoms with Gasteiger partial charge in [-0.25, -0.2) is 4.39 Å². The van der Waals surface area contributed by atoms with E-state index in [-0.39, 0.29) is 35.7 Å². The number of halogens is 1. The maximum atomic E-state index is 13.2. The molecule has 0 aromatic heterocycles. The van der Waals surface area contributed by atoms with Crippen molar-refractivity contribution in [1.29, 1.82) is 0 Å². The zero-order valence-corrected chi connectivity index (χ0v) is 14.0. The molecule has 0 radical (unpaired) electrons. The molecule has 0 heterocycles. The number of hydrogen-bond donors (Lipinski definition) is 3. The van der Waals surface area contributed by atoms with Crippen LogP contribution in [-0.4, -0.2) is 30.0 Å². The average molecular weight is 344 g/mol. The molecule has 25 heavy (non-hydrogen) atoms. The van der Waals surface area contributed by atoms with Gasteiger partial charge in [0, 0.05) is 25.1 Å². The third-order valence-electron chi connectivity index (χ3n) is 3.77. The first-order valence-electron chi connectivity index (χ1n) is 8.05. The summed E-state index contributed by atoms with van der Waals surface area (Å²) in [6, 6.07) is 12.1. The summed E-state index contributed by atoms with van der Waals surface area (Å²) in [5, 5.41) is 14.6. The van der Waals surface area contributed by atoms with E-state index in [1.807, 2.05) is 6.92 Å². The van der Waals surface area contributed by atoms with E-state index in [1.54, 1.807) is 12.1 Å². The molecule has 2 aromatic rings. The van der Waals surface area contributed by atoms with Gasteiger partial charge in [0.15, 0.2) is 0 Å². The van der Waals surface area contributed by atoms with E-state index in [9.17, 15) is 19.1 Å². The number of nitrogens with one attached hydrogen (secondary N) is 2. The predicted octanol–water partition coefficient (Wildman–Crippen LogP) is 2.57. The summed E-state index contributed by atoms with van der Waals surface area (Å²) in [4.78, 5) is 23.8. The lowest BCUT2D eigenvalue weighted by Crippen LogP contribution is -2.35. The van der Waals surface area contributed by atoms with E-state index in [2.05, 4.69) is 10.6 Å². The minimum absolute atomic E-state index is 0.0937. The molecular formula is C19H21FN2O3. The number of carbonyl (C=O) groups is 2. The normalized spacial score (nSPS) is 11.6. The van der Waals surface area contributed by atoms with Crippen LogP contribution in [0, 0.1) is 5.82 Å². The Morgan fingerprint density at radius 3 is 2.44 bits per heavy atom. The molecule has 0 aliphatic heterocycles. The first kappa shape index (κ1) is 18.4. The van der Waals surface area contributed by atoms with E-state index in [0.717, 1.165) is 5.56 Å². The van der Waals surface area contributed by atoms with E-state index in [4.69, 9.17) is 0 Å². The molecule has 0 aliphatic carbocycles. The molecule has 2 rings (SSSR count). The summed E-state index contributed by atoms with van der Waals surface area (Å²) >= 11 is 0. The van der Waals surface area contributed by atoms with Gasteiger partial charge in [0.25, 0.3) is 5.91 Å². The van der Waals surface area contributed by atoms with Crippen molar-refractivity contribution in [3.05, 3.63) is 65.5 Å². The summed E-state index contributed by atoms with van der Waals surface area (Å²) < 4.78 is 13.2. The van der Waals surface area contributed by atoms with Gasteiger partial charge < -0.3 is 15.7 Å². The van der Waals surface area contributed by atoms with Crippen LogP contribution in [0.15, 0.2) is 48.5 Å². The van der Waals surface area contributed by atoms with Crippen LogP contribution < -0.4 is 10.6 Å². The third kappa shape index (κ3) is 5.91. The highest BCUT2D eigenvalue weighted by atomic mass is 19.1. The third-order valence-corrected chi connectivity index (χ3v) is 3.77. The van der Waals surface area contributed by atoms with Crippen LogP contribution in [0.1, 0.15) is 35.2 Å². The molecule has 0 bridgehead atoms. The van der Waals surface area contributed by atoms with E-state index >= 15 is 0 Å². The molecule has 0 fully saturated rings. The molecule has 5 nitrogen and oxygen atoms in total. The zero-order chi connectivity index (χ0) is 18.2. The molecule has 2 aromatic carbocycles. The predicted molar refractivity (Wildman–Crippen MR) is 92.9 cm³/mol. The van der Waals surface area contributed by atoms with E-state index in [0.29, 0.717) is 18.7 Å². The average Bonchev–Trinajstić information content (AvgIpc) is 2.59. The minimum atomic E-state index is -0.318. The smallest absolute Gasteiger partial charge is 0.251 e. The van der Waals surface area contributed by atoms with Crippen molar-refractivity contribution in [3.8, 4) is 5.75 Å². The van der Waals surface area contributed by atoms with Gasteiger partial charge >= 0.3 is 0 Å². The number of rotatable bonds is 7. The quantitative estimate of drug-likeness (QED) is 0.676. The fourth-order valence-corrected chi connectivity index (χ4v) is 2.37. The standard InChI is InChI=1S/C19H21FN2O3/c1-13(15-3-2-4-16(20)12-15)11-18(24)21-9-10-22-19(25)14-5-7-17(23)8-6-14/h2-8,12-13,23H,9-11H2,1H3,(H,21,24)(H,22,25)/t13-/m1/s1. The number of carbonyl (C=O) groups excluding carboxylic acids is 2. The Morgan fingerprint density at radius 2 is 1.76 bits per heavy atom. The van der Waals surface area contributed by atoms with Crippen LogP contribution in [0.25, 0.3) is 0 Å². The molecule has 0 aliphatic rings. The van der Waals surface area contributed by atoms with E-state index in [1.165, 1.54) is 36.4 Å². The number of hydrogen-bond acceptors (Lipinski definition) is 3. The van der Waals surface area contributed by atoms with Crippen LogP contribution in [0.3, 0.4) is 0 Å². The largest absolute Gasteiger partial charge is 0.508 e. The van der Waals surface area contributed by atoms with Gasteiger partial charge in [-0.1, -0.05) is 19.1 Å². The number of amides is 2. The lowest BCUT2D eigenvalue weighted by atomic mass is 9.97. The first-order chi connectivity index (χ1) is 12.0. The Hall–Kier alpha value is -2.89. The van der Waals surface area contributed by atoms with Gasteiger partial charge in [-0.05, 0) is 47.9 Å². The van der Waals surface area contributed by atoms with Crippen molar-refractivity contribution in [2.75, 3.05) is 13.1 Å². The van der Waals surface area contributed by atoms with E-state index < -0.39 is 0 Å².